The number of hydrogen-bond donors (Lipinski definition) is 1. The summed E-state index contributed by atoms with van der Waals surface area (Å²) >= 11 is 0. The van der Waals surface area contributed by atoms with Crippen molar-refractivity contribution >= 4 is 5.78 Å². The third kappa shape index (κ3) is 2.71. The fourth-order valence-corrected chi connectivity index (χ4v) is 1.43. The van der Waals surface area contributed by atoms with E-state index in [1.54, 1.807) is 0 Å². The van der Waals surface area contributed by atoms with Crippen LogP contribution in [0.2, 0.25) is 0 Å². The normalized spacial score (nSPS) is 10.5. The highest BCUT2D eigenvalue weighted by atomic mass is 19.3. The number of ketones is 1. The highest BCUT2D eigenvalue weighted by Gasteiger charge is 2.21. The number of carbonyl (C=O) groups excluding carboxylic acids is 1. The fraction of sp³-hybridized carbons (Fsp3) is 0.364. The van der Waals surface area contributed by atoms with Gasteiger partial charge >= 0.3 is 0 Å². The molecule has 2 N–H and O–H groups in total. The SMILES string of the molecule is COc1cc(C(=O)CN)c(C(F)F)cc1OC. The molecule has 0 heterocycles. The van der Waals surface area contributed by atoms with Crippen molar-refractivity contribution in [2.75, 3.05) is 20.8 Å². The third-order valence-corrected chi connectivity index (χ3v) is 2.28. The van der Waals surface area contributed by atoms with E-state index in [0.717, 1.165) is 6.07 Å². The second kappa shape index (κ2) is 5.58. The molecule has 0 saturated carbocycles. The lowest BCUT2D eigenvalue weighted by Crippen LogP contribution is -2.16. The molecule has 0 aliphatic rings. The summed E-state index contributed by atoms with van der Waals surface area (Å²) in [6, 6.07) is 2.31. The second-order valence-corrected chi connectivity index (χ2v) is 3.22. The van der Waals surface area contributed by atoms with E-state index in [0.29, 0.717) is 0 Å². The lowest BCUT2D eigenvalue weighted by Gasteiger charge is -2.13. The quantitative estimate of drug-likeness (QED) is 0.803. The number of Topliss-reactive ketones (excluding diaryl/α,β-unsaturated/α-hetero) is 1. The zero-order valence-corrected chi connectivity index (χ0v) is 9.50. The van der Waals surface area contributed by atoms with Gasteiger partial charge in [0, 0.05) is 11.1 Å². The van der Waals surface area contributed by atoms with Crippen LogP contribution in [0.15, 0.2) is 12.1 Å². The first-order valence-electron chi connectivity index (χ1n) is 4.82. The monoisotopic (exact) mass is 245 g/mol. The van der Waals surface area contributed by atoms with Crippen LogP contribution in [0, 0.1) is 0 Å². The number of alkyl halides is 2. The second-order valence-electron chi connectivity index (χ2n) is 3.22. The van der Waals surface area contributed by atoms with E-state index in [1.807, 2.05) is 0 Å². The van der Waals surface area contributed by atoms with E-state index in [-0.39, 0.29) is 23.6 Å². The first kappa shape index (κ1) is 13.4. The van der Waals surface area contributed by atoms with E-state index >= 15 is 0 Å². The third-order valence-electron chi connectivity index (χ3n) is 2.28. The van der Waals surface area contributed by atoms with Crippen molar-refractivity contribution in [3.8, 4) is 11.5 Å². The summed E-state index contributed by atoms with van der Waals surface area (Å²) in [5.41, 5.74) is 4.63. The molecule has 17 heavy (non-hydrogen) atoms. The Kier molecular flexibility index (Phi) is 4.39. The number of hydrogen-bond acceptors (Lipinski definition) is 4. The smallest absolute Gasteiger partial charge is 0.264 e. The average molecular weight is 245 g/mol. The van der Waals surface area contributed by atoms with Gasteiger partial charge in [-0.3, -0.25) is 4.79 Å². The molecule has 0 fully saturated rings. The molecule has 0 saturated heterocycles. The van der Waals surface area contributed by atoms with Crippen LogP contribution in [-0.4, -0.2) is 26.5 Å². The molecule has 0 amide bonds. The predicted octanol–water partition coefficient (Wildman–Crippen LogP) is 1.78. The molecule has 1 rings (SSSR count). The van der Waals surface area contributed by atoms with Crippen LogP contribution in [0.1, 0.15) is 22.3 Å². The summed E-state index contributed by atoms with van der Waals surface area (Å²) < 4.78 is 35.4. The maximum atomic E-state index is 12.8. The van der Waals surface area contributed by atoms with Gasteiger partial charge in [0.15, 0.2) is 17.3 Å². The van der Waals surface area contributed by atoms with Crippen LogP contribution in [0.25, 0.3) is 0 Å². The van der Waals surface area contributed by atoms with E-state index in [2.05, 4.69) is 0 Å². The zero-order chi connectivity index (χ0) is 13.0. The summed E-state index contributed by atoms with van der Waals surface area (Å²) in [5.74, 6) is -0.202. The Labute approximate surface area is 97.3 Å². The van der Waals surface area contributed by atoms with Gasteiger partial charge in [-0.2, -0.15) is 0 Å². The Morgan fingerprint density at radius 1 is 1.29 bits per heavy atom. The van der Waals surface area contributed by atoms with Gasteiger partial charge in [0.1, 0.15) is 0 Å². The maximum absolute atomic E-state index is 12.8. The van der Waals surface area contributed by atoms with Gasteiger partial charge in [-0.15, -0.1) is 0 Å². The first-order chi connectivity index (χ1) is 8.04. The standard InChI is InChI=1S/C11H13F2NO3/c1-16-9-3-6(8(15)5-14)7(11(12)13)4-10(9)17-2/h3-4,11H,5,14H2,1-2H3. The molecular weight excluding hydrogens is 232 g/mol. The van der Waals surface area contributed by atoms with Crippen LogP contribution in [0.5, 0.6) is 11.5 Å². The Balaban J connectivity index is 3.40. The summed E-state index contributed by atoms with van der Waals surface area (Å²) in [7, 11) is 2.69. The van der Waals surface area contributed by atoms with E-state index in [1.165, 1.54) is 20.3 Å². The van der Waals surface area contributed by atoms with E-state index < -0.39 is 17.8 Å². The molecule has 0 bridgehead atoms. The molecule has 1 aromatic rings. The van der Waals surface area contributed by atoms with Crippen molar-refractivity contribution in [2.24, 2.45) is 5.73 Å². The Morgan fingerprint density at radius 3 is 2.24 bits per heavy atom. The van der Waals surface area contributed by atoms with Crippen molar-refractivity contribution in [3.05, 3.63) is 23.3 Å². The van der Waals surface area contributed by atoms with E-state index in [4.69, 9.17) is 15.2 Å². The van der Waals surface area contributed by atoms with Crippen LogP contribution >= 0.6 is 0 Å². The topological polar surface area (TPSA) is 61.5 Å². The first-order valence-corrected chi connectivity index (χ1v) is 4.82. The van der Waals surface area contributed by atoms with Gasteiger partial charge < -0.3 is 15.2 Å². The van der Waals surface area contributed by atoms with Crippen molar-refractivity contribution < 1.29 is 23.0 Å². The number of halogens is 2. The fourth-order valence-electron chi connectivity index (χ4n) is 1.43. The lowest BCUT2D eigenvalue weighted by atomic mass is 10.0. The minimum atomic E-state index is -2.78. The molecule has 6 heteroatoms. The minimum Gasteiger partial charge on any atom is -0.493 e. The predicted molar refractivity (Wildman–Crippen MR) is 57.9 cm³/mol. The maximum Gasteiger partial charge on any atom is 0.264 e. The zero-order valence-electron chi connectivity index (χ0n) is 9.50. The van der Waals surface area contributed by atoms with Gasteiger partial charge in [0.2, 0.25) is 0 Å². The molecule has 0 aliphatic carbocycles. The molecule has 0 aliphatic heterocycles. The highest BCUT2D eigenvalue weighted by molar-refractivity contribution is 5.99. The summed E-state index contributed by atoms with van der Waals surface area (Å²) in [6.07, 6.45) is -2.78. The molecular formula is C11H13F2NO3. The largest absolute Gasteiger partial charge is 0.493 e. The van der Waals surface area contributed by atoms with Crippen LogP contribution in [0.4, 0.5) is 8.78 Å². The van der Waals surface area contributed by atoms with Gasteiger partial charge in [-0.05, 0) is 12.1 Å². The molecule has 0 radical (unpaired) electrons. The molecule has 94 valence electrons. The van der Waals surface area contributed by atoms with Gasteiger partial charge in [-0.1, -0.05) is 0 Å². The molecule has 0 atom stereocenters. The van der Waals surface area contributed by atoms with Gasteiger partial charge in [0.25, 0.3) is 6.43 Å². The number of carbonyl (C=O) groups is 1. The van der Waals surface area contributed by atoms with Crippen molar-refractivity contribution in [1.82, 2.24) is 0 Å². The summed E-state index contributed by atoms with van der Waals surface area (Å²) in [4.78, 5) is 11.5. The summed E-state index contributed by atoms with van der Waals surface area (Å²) in [6.45, 7) is -0.338. The molecule has 0 unspecified atom stereocenters. The number of nitrogens with two attached hydrogens (primary N) is 1. The van der Waals surface area contributed by atoms with Gasteiger partial charge in [0.05, 0.1) is 20.8 Å². The highest BCUT2D eigenvalue weighted by Crippen LogP contribution is 2.35. The number of methoxy groups -OCH3 is 2. The summed E-state index contributed by atoms with van der Waals surface area (Å²) in [5, 5.41) is 0. The average Bonchev–Trinajstić information content (AvgIpc) is 2.35. The number of rotatable bonds is 5. The Hall–Kier alpha value is -1.69. The van der Waals surface area contributed by atoms with Gasteiger partial charge in [-0.25, -0.2) is 8.78 Å². The molecule has 1 aromatic carbocycles. The van der Waals surface area contributed by atoms with Crippen LogP contribution in [0.3, 0.4) is 0 Å². The van der Waals surface area contributed by atoms with Crippen molar-refractivity contribution in [3.63, 3.8) is 0 Å². The number of ether oxygens (including phenoxy) is 2. The lowest BCUT2D eigenvalue weighted by molar-refractivity contribution is 0.0986. The minimum absolute atomic E-state index is 0.139. The molecule has 0 spiro atoms. The Morgan fingerprint density at radius 2 is 1.82 bits per heavy atom. The molecule has 0 aromatic heterocycles. The van der Waals surface area contributed by atoms with Crippen molar-refractivity contribution in [1.29, 1.82) is 0 Å². The Bertz CT molecular complexity index is 421. The van der Waals surface area contributed by atoms with E-state index in [9.17, 15) is 13.6 Å². The van der Waals surface area contributed by atoms with Crippen LogP contribution < -0.4 is 15.2 Å². The number of benzene rings is 1. The molecule has 4 nitrogen and oxygen atoms in total. The van der Waals surface area contributed by atoms with Crippen LogP contribution in [-0.2, 0) is 0 Å². The van der Waals surface area contributed by atoms with Crippen molar-refractivity contribution in [2.45, 2.75) is 6.43 Å².